The Morgan fingerprint density at radius 1 is 1.08 bits per heavy atom. The molecule has 24 heavy (non-hydrogen) atoms. The molecule has 0 bridgehead atoms. The molecule has 0 radical (unpaired) electrons. The summed E-state index contributed by atoms with van der Waals surface area (Å²) in [7, 11) is 0. The zero-order valence-electron chi connectivity index (χ0n) is 15.2. The molecule has 0 saturated heterocycles. The minimum atomic E-state index is 0.307. The molecule has 3 aliphatic rings. The average molecular weight is 321 g/mol. The Labute approximate surface area is 145 Å². The molecule has 126 valence electrons. The van der Waals surface area contributed by atoms with Gasteiger partial charge in [-0.15, -0.1) is 0 Å². The van der Waals surface area contributed by atoms with Crippen molar-refractivity contribution in [1.82, 2.24) is 10.0 Å². The Morgan fingerprint density at radius 3 is 2.42 bits per heavy atom. The summed E-state index contributed by atoms with van der Waals surface area (Å²) in [5, 5.41) is 4.93. The van der Waals surface area contributed by atoms with E-state index < -0.39 is 0 Å². The highest BCUT2D eigenvalue weighted by atomic mass is 15.7. The molecule has 1 aliphatic carbocycles. The average Bonchev–Trinajstić information content (AvgIpc) is 3.28. The molecule has 4 rings (SSSR count). The second kappa shape index (κ2) is 5.80. The minimum Gasteiger partial charge on any atom is -0.288 e. The van der Waals surface area contributed by atoms with Crippen LogP contribution >= 0.6 is 0 Å². The van der Waals surface area contributed by atoms with Crippen LogP contribution in [0.2, 0.25) is 0 Å². The van der Waals surface area contributed by atoms with Gasteiger partial charge in [-0.2, -0.15) is 0 Å². The standard InChI is InChI=1S/C21H27N3/c1-14(2)21-20(18-10-5-15(3)6-11-18)22-19-12-7-16(4)23(24(19)21)13-17-8-9-17/h5-7,10-12,14,17,21H,8-9,13H2,1-4H3. The third-order valence-corrected chi connectivity index (χ3v) is 5.26. The quantitative estimate of drug-likeness (QED) is 0.812. The molecule has 3 heteroatoms. The predicted octanol–water partition coefficient (Wildman–Crippen LogP) is 4.51. The van der Waals surface area contributed by atoms with Gasteiger partial charge in [0.05, 0.1) is 11.8 Å². The summed E-state index contributed by atoms with van der Waals surface area (Å²) in [5.41, 5.74) is 5.08. The maximum Gasteiger partial charge on any atom is 0.148 e. The van der Waals surface area contributed by atoms with Crippen molar-refractivity contribution >= 4 is 5.71 Å². The first-order chi connectivity index (χ1) is 11.5. The number of allylic oxidation sites excluding steroid dienone is 3. The van der Waals surface area contributed by atoms with E-state index in [-0.39, 0.29) is 0 Å². The van der Waals surface area contributed by atoms with Gasteiger partial charge in [-0.1, -0.05) is 43.7 Å². The Morgan fingerprint density at radius 2 is 1.79 bits per heavy atom. The number of benzene rings is 1. The number of rotatable bonds is 4. The Balaban J connectivity index is 1.72. The van der Waals surface area contributed by atoms with Crippen molar-refractivity contribution in [2.45, 2.75) is 46.6 Å². The fraction of sp³-hybridized carbons (Fsp3) is 0.476. The van der Waals surface area contributed by atoms with E-state index in [0.29, 0.717) is 12.0 Å². The third kappa shape index (κ3) is 2.66. The van der Waals surface area contributed by atoms with Gasteiger partial charge in [0.25, 0.3) is 0 Å². The van der Waals surface area contributed by atoms with Crippen molar-refractivity contribution in [3.63, 3.8) is 0 Å². The van der Waals surface area contributed by atoms with Gasteiger partial charge in [-0.25, -0.2) is 4.99 Å². The smallest absolute Gasteiger partial charge is 0.148 e. The monoisotopic (exact) mass is 321 g/mol. The zero-order valence-corrected chi connectivity index (χ0v) is 15.2. The number of aliphatic imine (C=N–C) groups is 1. The number of hydrogen-bond donors (Lipinski definition) is 0. The van der Waals surface area contributed by atoms with Crippen molar-refractivity contribution in [3.05, 3.63) is 59.1 Å². The molecule has 2 heterocycles. The molecule has 0 aromatic heterocycles. The molecule has 2 aliphatic heterocycles. The SMILES string of the molecule is CC1=CC=C2N=C(c3ccc(C)cc3)C(C(C)C)N2N1CC1CC1. The van der Waals surface area contributed by atoms with Crippen LogP contribution in [0, 0.1) is 18.8 Å². The highest BCUT2D eigenvalue weighted by Crippen LogP contribution is 2.38. The van der Waals surface area contributed by atoms with Gasteiger partial charge in [0, 0.05) is 12.2 Å². The first-order valence-corrected chi connectivity index (χ1v) is 9.15. The van der Waals surface area contributed by atoms with Crippen molar-refractivity contribution in [3.8, 4) is 0 Å². The van der Waals surface area contributed by atoms with Crippen LogP contribution in [0.25, 0.3) is 0 Å². The maximum atomic E-state index is 5.04. The van der Waals surface area contributed by atoms with E-state index in [0.717, 1.165) is 18.3 Å². The highest BCUT2D eigenvalue weighted by Gasteiger charge is 2.41. The normalized spacial score (nSPS) is 23.2. The predicted molar refractivity (Wildman–Crippen MR) is 99.5 cm³/mol. The van der Waals surface area contributed by atoms with Crippen LogP contribution in [-0.4, -0.2) is 28.3 Å². The number of fused-ring (bicyclic) bond motifs is 1. The summed E-state index contributed by atoms with van der Waals surface area (Å²) in [6.07, 6.45) is 7.13. The molecule has 0 spiro atoms. The van der Waals surface area contributed by atoms with E-state index in [1.165, 1.54) is 35.4 Å². The fourth-order valence-electron chi connectivity index (χ4n) is 3.67. The van der Waals surface area contributed by atoms with E-state index in [2.05, 4.69) is 74.1 Å². The largest absolute Gasteiger partial charge is 0.288 e. The lowest BCUT2D eigenvalue weighted by Crippen LogP contribution is -2.50. The van der Waals surface area contributed by atoms with Crippen LogP contribution in [0.1, 0.15) is 44.7 Å². The molecule has 1 aromatic rings. The second-order valence-corrected chi connectivity index (χ2v) is 7.75. The summed E-state index contributed by atoms with van der Waals surface area (Å²) >= 11 is 0. The van der Waals surface area contributed by atoms with Gasteiger partial charge >= 0.3 is 0 Å². The summed E-state index contributed by atoms with van der Waals surface area (Å²) in [6.45, 7) is 10.1. The number of nitrogens with zero attached hydrogens (tertiary/aromatic N) is 3. The van der Waals surface area contributed by atoms with E-state index in [1.807, 2.05) is 0 Å². The Bertz CT molecular complexity index is 720. The summed E-state index contributed by atoms with van der Waals surface area (Å²) in [5.74, 6) is 2.45. The van der Waals surface area contributed by atoms with Gasteiger partial charge in [0.1, 0.15) is 5.82 Å². The van der Waals surface area contributed by atoms with Crippen LogP contribution in [-0.2, 0) is 0 Å². The number of aryl methyl sites for hydroxylation is 1. The van der Waals surface area contributed by atoms with Crippen LogP contribution in [0.3, 0.4) is 0 Å². The molecule has 0 amide bonds. The summed E-state index contributed by atoms with van der Waals surface area (Å²) in [4.78, 5) is 5.04. The van der Waals surface area contributed by atoms with Crippen molar-refractivity contribution in [1.29, 1.82) is 0 Å². The number of hydrazine groups is 1. The van der Waals surface area contributed by atoms with Crippen molar-refractivity contribution in [2.24, 2.45) is 16.8 Å². The molecule has 1 aromatic carbocycles. The van der Waals surface area contributed by atoms with Crippen LogP contribution in [0.4, 0.5) is 0 Å². The topological polar surface area (TPSA) is 18.8 Å². The van der Waals surface area contributed by atoms with E-state index in [9.17, 15) is 0 Å². The van der Waals surface area contributed by atoms with Crippen molar-refractivity contribution in [2.75, 3.05) is 6.54 Å². The second-order valence-electron chi connectivity index (χ2n) is 7.75. The highest BCUT2D eigenvalue weighted by molar-refractivity contribution is 6.06. The van der Waals surface area contributed by atoms with E-state index >= 15 is 0 Å². The lowest BCUT2D eigenvalue weighted by Gasteiger charge is -2.43. The number of hydrogen-bond acceptors (Lipinski definition) is 3. The first-order valence-electron chi connectivity index (χ1n) is 9.15. The van der Waals surface area contributed by atoms with Gasteiger partial charge in [0.2, 0.25) is 0 Å². The molecular formula is C21H27N3. The Kier molecular flexibility index (Phi) is 3.75. The lowest BCUT2D eigenvalue weighted by atomic mass is 9.94. The zero-order chi connectivity index (χ0) is 16.8. The van der Waals surface area contributed by atoms with Crippen LogP contribution in [0.15, 0.2) is 52.9 Å². The fourth-order valence-corrected chi connectivity index (χ4v) is 3.67. The molecule has 1 fully saturated rings. The van der Waals surface area contributed by atoms with E-state index in [4.69, 9.17) is 4.99 Å². The molecule has 1 saturated carbocycles. The van der Waals surface area contributed by atoms with Gasteiger partial charge in [-0.05, 0) is 56.2 Å². The lowest BCUT2D eigenvalue weighted by molar-refractivity contribution is 0.0118. The minimum absolute atomic E-state index is 0.307. The van der Waals surface area contributed by atoms with Gasteiger partial charge in [0.15, 0.2) is 0 Å². The first kappa shape index (κ1) is 15.5. The van der Waals surface area contributed by atoms with Crippen LogP contribution < -0.4 is 0 Å². The molecule has 1 atom stereocenters. The van der Waals surface area contributed by atoms with E-state index in [1.54, 1.807) is 0 Å². The van der Waals surface area contributed by atoms with Crippen LogP contribution in [0.5, 0.6) is 0 Å². The van der Waals surface area contributed by atoms with Gasteiger partial charge < -0.3 is 0 Å². The molecular weight excluding hydrogens is 294 g/mol. The molecule has 3 nitrogen and oxygen atoms in total. The Hall–Kier alpha value is -2.03. The molecule has 1 unspecified atom stereocenters. The summed E-state index contributed by atoms with van der Waals surface area (Å²) < 4.78 is 0. The van der Waals surface area contributed by atoms with Gasteiger partial charge in [-0.3, -0.25) is 10.0 Å². The maximum absolute atomic E-state index is 5.04. The molecule has 0 N–H and O–H groups in total. The summed E-state index contributed by atoms with van der Waals surface area (Å²) in [6, 6.07) is 9.11. The van der Waals surface area contributed by atoms with Crippen molar-refractivity contribution < 1.29 is 0 Å². The third-order valence-electron chi connectivity index (χ3n) is 5.26.